The standard InChI is InChI=1S/C12H10BrN/c1-9(8-13)10-6-7-14-12-5-3-2-4-11(10)12/h2-7H,1,8H2. The molecule has 0 saturated carbocycles. The number of hydrogen-bond acceptors (Lipinski definition) is 1. The number of alkyl halides is 1. The molecule has 14 heavy (non-hydrogen) atoms. The molecule has 0 aliphatic carbocycles. The topological polar surface area (TPSA) is 12.9 Å². The van der Waals surface area contributed by atoms with Gasteiger partial charge in [-0.2, -0.15) is 0 Å². The van der Waals surface area contributed by atoms with E-state index in [9.17, 15) is 0 Å². The van der Waals surface area contributed by atoms with Crippen molar-refractivity contribution in [2.75, 3.05) is 5.33 Å². The molecule has 0 radical (unpaired) electrons. The number of benzene rings is 1. The maximum atomic E-state index is 4.30. The highest BCUT2D eigenvalue weighted by Gasteiger charge is 2.02. The van der Waals surface area contributed by atoms with E-state index >= 15 is 0 Å². The maximum absolute atomic E-state index is 4.30. The van der Waals surface area contributed by atoms with Gasteiger partial charge < -0.3 is 0 Å². The first-order valence-electron chi connectivity index (χ1n) is 4.41. The van der Waals surface area contributed by atoms with Crippen LogP contribution in [0, 0.1) is 0 Å². The molecule has 0 fully saturated rings. The summed E-state index contributed by atoms with van der Waals surface area (Å²) in [5.41, 5.74) is 3.28. The minimum Gasteiger partial charge on any atom is -0.256 e. The van der Waals surface area contributed by atoms with Crippen LogP contribution >= 0.6 is 15.9 Å². The molecule has 0 bridgehead atoms. The van der Waals surface area contributed by atoms with Gasteiger partial charge in [-0.15, -0.1) is 0 Å². The van der Waals surface area contributed by atoms with E-state index in [2.05, 4.69) is 33.6 Å². The lowest BCUT2D eigenvalue weighted by Gasteiger charge is -2.05. The number of hydrogen-bond donors (Lipinski definition) is 0. The molecule has 0 aliphatic rings. The Morgan fingerprint density at radius 3 is 2.86 bits per heavy atom. The van der Waals surface area contributed by atoms with Crippen LogP contribution < -0.4 is 0 Å². The fourth-order valence-electron chi connectivity index (χ4n) is 1.48. The van der Waals surface area contributed by atoms with Gasteiger partial charge in [0, 0.05) is 16.9 Å². The van der Waals surface area contributed by atoms with Gasteiger partial charge in [0.15, 0.2) is 0 Å². The molecule has 2 heteroatoms. The number of pyridine rings is 1. The van der Waals surface area contributed by atoms with Crippen LogP contribution in [0.4, 0.5) is 0 Å². The fourth-order valence-corrected chi connectivity index (χ4v) is 1.78. The van der Waals surface area contributed by atoms with E-state index in [-0.39, 0.29) is 0 Å². The molecule has 0 atom stereocenters. The molecule has 1 heterocycles. The van der Waals surface area contributed by atoms with Crippen molar-refractivity contribution < 1.29 is 0 Å². The highest BCUT2D eigenvalue weighted by Crippen LogP contribution is 2.23. The van der Waals surface area contributed by atoms with Crippen LogP contribution in [0.3, 0.4) is 0 Å². The lowest BCUT2D eigenvalue weighted by molar-refractivity contribution is 1.40. The number of halogens is 1. The Morgan fingerprint density at radius 1 is 1.29 bits per heavy atom. The molecule has 0 saturated heterocycles. The number of rotatable bonds is 2. The van der Waals surface area contributed by atoms with Crippen molar-refractivity contribution in [1.82, 2.24) is 4.98 Å². The zero-order valence-corrected chi connectivity index (χ0v) is 9.29. The van der Waals surface area contributed by atoms with Crippen molar-refractivity contribution in [3.05, 3.63) is 48.7 Å². The summed E-state index contributed by atoms with van der Waals surface area (Å²) in [4.78, 5) is 4.30. The van der Waals surface area contributed by atoms with Gasteiger partial charge >= 0.3 is 0 Å². The molecule has 1 aromatic heterocycles. The van der Waals surface area contributed by atoms with E-state index in [1.54, 1.807) is 0 Å². The third kappa shape index (κ3) is 1.58. The van der Waals surface area contributed by atoms with Crippen molar-refractivity contribution in [1.29, 1.82) is 0 Å². The third-order valence-electron chi connectivity index (χ3n) is 2.19. The van der Waals surface area contributed by atoms with E-state index in [4.69, 9.17) is 0 Å². The summed E-state index contributed by atoms with van der Waals surface area (Å²) >= 11 is 3.42. The predicted molar refractivity (Wildman–Crippen MR) is 64.6 cm³/mol. The quantitative estimate of drug-likeness (QED) is 0.739. The smallest absolute Gasteiger partial charge is 0.0708 e. The third-order valence-corrected chi connectivity index (χ3v) is 2.87. The van der Waals surface area contributed by atoms with Gasteiger partial charge in [0.1, 0.15) is 0 Å². The van der Waals surface area contributed by atoms with Gasteiger partial charge in [-0.3, -0.25) is 4.98 Å². The molecule has 2 aromatic rings. The molecule has 0 N–H and O–H groups in total. The van der Waals surface area contributed by atoms with E-state index < -0.39 is 0 Å². The molecule has 70 valence electrons. The first-order valence-corrected chi connectivity index (χ1v) is 5.53. The number of aromatic nitrogens is 1. The van der Waals surface area contributed by atoms with Crippen LogP contribution in [0.1, 0.15) is 5.56 Å². The first-order chi connectivity index (χ1) is 6.83. The lowest BCUT2D eigenvalue weighted by atomic mass is 10.0. The highest BCUT2D eigenvalue weighted by atomic mass is 79.9. The highest BCUT2D eigenvalue weighted by molar-refractivity contribution is 9.09. The number of allylic oxidation sites excluding steroid dienone is 1. The van der Waals surface area contributed by atoms with Gasteiger partial charge in [0.05, 0.1) is 5.52 Å². The Bertz CT molecular complexity index is 471. The minimum atomic E-state index is 0.793. The monoisotopic (exact) mass is 247 g/mol. The summed E-state index contributed by atoms with van der Waals surface area (Å²) in [6.45, 7) is 4.02. The van der Waals surface area contributed by atoms with Crippen molar-refractivity contribution >= 4 is 32.4 Å². The summed E-state index contributed by atoms with van der Waals surface area (Å²) in [6, 6.07) is 10.1. The van der Waals surface area contributed by atoms with Gasteiger partial charge in [-0.25, -0.2) is 0 Å². The Labute approximate surface area is 91.6 Å². The molecule has 0 spiro atoms. The molecular formula is C12H10BrN. The Kier molecular flexibility index (Phi) is 2.64. The Hall–Kier alpha value is -1.15. The van der Waals surface area contributed by atoms with Crippen LogP contribution in [0.5, 0.6) is 0 Å². The van der Waals surface area contributed by atoms with Gasteiger partial charge in [-0.05, 0) is 23.3 Å². The number of nitrogens with zero attached hydrogens (tertiary/aromatic N) is 1. The summed E-state index contributed by atoms with van der Waals surface area (Å²) < 4.78 is 0. The van der Waals surface area contributed by atoms with E-state index in [0.29, 0.717) is 0 Å². The Morgan fingerprint density at radius 2 is 2.07 bits per heavy atom. The number of fused-ring (bicyclic) bond motifs is 1. The van der Waals surface area contributed by atoms with E-state index in [0.717, 1.165) is 16.4 Å². The van der Waals surface area contributed by atoms with Crippen molar-refractivity contribution in [3.8, 4) is 0 Å². The molecule has 0 aliphatic heterocycles. The van der Waals surface area contributed by atoms with Crippen molar-refractivity contribution in [2.45, 2.75) is 0 Å². The second-order valence-electron chi connectivity index (χ2n) is 3.11. The number of para-hydroxylation sites is 1. The van der Waals surface area contributed by atoms with Gasteiger partial charge in [0.25, 0.3) is 0 Å². The van der Waals surface area contributed by atoms with Crippen molar-refractivity contribution in [3.63, 3.8) is 0 Å². The average Bonchev–Trinajstić information content (AvgIpc) is 2.27. The first kappa shape index (κ1) is 9.41. The van der Waals surface area contributed by atoms with Crippen LogP contribution in [-0.2, 0) is 0 Å². The molecular weight excluding hydrogens is 238 g/mol. The molecule has 1 nitrogen and oxygen atoms in total. The molecule has 0 unspecified atom stereocenters. The minimum absolute atomic E-state index is 0.793. The molecule has 1 aromatic carbocycles. The summed E-state index contributed by atoms with van der Waals surface area (Å²) in [7, 11) is 0. The zero-order valence-electron chi connectivity index (χ0n) is 7.70. The average molecular weight is 248 g/mol. The Balaban J connectivity index is 2.71. The molecule has 2 rings (SSSR count). The summed E-state index contributed by atoms with van der Waals surface area (Å²) in [5, 5.41) is 1.96. The lowest BCUT2D eigenvalue weighted by Crippen LogP contribution is -1.87. The largest absolute Gasteiger partial charge is 0.256 e. The fraction of sp³-hybridized carbons (Fsp3) is 0.0833. The van der Waals surface area contributed by atoms with Crippen LogP contribution in [-0.4, -0.2) is 10.3 Å². The van der Waals surface area contributed by atoms with Gasteiger partial charge in [0.2, 0.25) is 0 Å². The van der Waals surface area contributed by atoms with Crippen LogP contribution in [0.15, 0.2) is 43.1 Å². The second-order valence-corrected chi connectivity index (χ2v) is 3.67. The maximum Gasteiger partial charge on any atom is 0.0708 e. The predicted octanol–water partition coefficient (Wildman–Crippen LogP) is 3.64. The summed E-state index contributed by atoms with van der Waals surface area (Å²) in [6.07, 6.45) is 1.82. The second kappa shape index (κ2) is 3.93. The van der Waals surface area contributed by atoms with Gasteiger partial charge in [-0.1, -0.05) is 40.7 Å². The van der Waals surface area contributed by atoms with E-state index in [1.807, 2.05) is 30.5 Å². The molecule has 0 amide bonds. The SMILES string of the molecule is C=C(CBr)c1ccnc2ccccc12. The van der Waals surface area contributed by atoms with Crippen LogP contribution in [0.25, 0.3) is 16.5 Å². The normalized spacial score (nSPS) is 10.4. The zero-order chi connectivity index (χ0) is 9.97. The summed E-state index contributed by atoms with van der Waals surface area (Å²) in [5.74, 6) is 0. The van der Waals surface area contributed by atoms with Crippen LogP contribution in [0.2, 0.25) is 0 Å². The van der Waals surface area contributed by atoms with E-state index in [1.165, 1.54) is 10.9 Å². The van der Waals surface area contributed by atoms with Crippen molar-refractivity contribution in [2.24, 2.45) is 0 Å².